The number of aromatic nitrogens is 3. The first-order valence-electron chi connectivity index (χ1n) is 6.73. The molecule has 0 unspecified atom stereocenters. The molecule has 0 radical (unpaired) electrons. The van der Waals surface area contributed by atoms with Crippen molar-refractivity contribution in [3.05, 3.63) is 29.8 Å². The molecule has 1 aromatic heterocycles. The fourth-order valence-corrected chi connectivity index (χ4v) is 2.68. The van der Waals surface area contributed by atoms with Gasteiger partial charge in [0.1, 0.15) is 0 Å². The first kappa shape index (κ1) is 14.9. The van der Waals surface area contributed by atoms with Gasteiger partial charge in [0.2, 0.25) is 5.16 Å². The third-order valence-corrected chi connectivity index (χ3v) is 4.04. The molecule has 20 heavy (non-hydrogen) atoms. The molecule has 2 rings (SSSR count). The van der Waals surface area contributed by atoms with Crippen LogP contribution in [0.3, 0.4) is 0 Å². The highest BCUT2D eigenvalue weighted by Gasteiger charge is 2.11. The van der Waals surface area contributed by atoms with Crippen LogP contribution < -0.4 is 5.84 Å². The molecule has 1 aromatic carbocycles. The molecule has 0 atom stereocenters. The quantitative estimate of drug-likeness (QED) is 0.465. The fraction of sp³-hybridized carbons (Fsp3) is 0.429. The molecule has 0 aliphatic heterocycles. The Bertz CT molecular complexity index is 539. The van der Waals surface area contributed by atoms with Crippen molar-refractivity contribution in [3.8, 4) is 11.4 Å². The summed E-state index contributed by atoms with van der Waals surface area (Å²) in [6, 6.07) is 8.06. The van der Waals surface area contributed by atoms with E-state index in [0.29, 0.717) is 5.82 Å². The Balaban J connectivity index is 1.98. The zero-order valence-corrected chi connectivity index (χ0v) is 12.4. The predicted molar refractivity (Wildman–Crippen MR) is 82.0 cm³/mol. The van der Waals surface area contributed by atoms with E-state index in [0.717, 1.165) is 35.7 Å². The maximum atomic E-state index is 8.72. The van der Waals surface area contributed by atoms with Crippen molar-refractivity contribution < 1.29 is 5.11 Å². The van der Waals surface area contributed by atoms with E-state index in [4.69, 9.17) is 10.9 Å². The number of unbranched alkanes of at least 4 members (excludes halogenated alkanes) is 2. The third kappa shape index (κ3) is 3.74. The van der Waals surface area contributed by atoms with Gasteiger partial charge in [-0.1, -0.05) is 48.0 Å². The summed E-state index contributed by atoms with van der Waals surface area (Å²) >= 11 is 1.60. The van der Waals surface area contributed by atoms with E-state index in [1.165, 1.54) is 5.56 Å². The lowest BCUT2D eigenvalue weighted by Gasteiger charge is -2.04. The van der Waals surface area contributed by atoms with E-state index in [-0.39, 0.29) is 6.61 Å². The average Bonchev–Trinajstić information content (AvgIpc) is 2.81. The summed E-state index contributed by atoms with van der Waals surface area (Å²) < 4.78 is 1.54. The number of aryl methyl sites for hydroxylation is 1. The molecular formula is C14H20N4OS. The van der Waals surface area contributed by atoms with Crippen LogP contribution in [0.1, 0.15) is 24.8 Å². The van der Waals surface area contributed by atoms with Gasteiger partial charge in [0.25, 0.3) is 0 Å². The van der Waals surface area contributed by atoms with Crippen LogP contribution in [0.25, 0.3) is 11.4 Å². The van der Waals surface area contributed by atoms with E-state index in [1.54, 1.807) is 16.4 Å². The fourth-order valence-electron chi connectivity index (χ4n) is 1.83. The minimum Gasteiger partial charge on any atom is -0.396 e. The van der Waals surface area contributed by atoms with E-state index >= 15 is 0 Å². The number of nitrogens with two attached hydrogens (primary N) is 1. The lowest BCUT2D eigenvalue weighted by atomic mass is 10.1. The maximum absolute atomic E-state index is 8.72. The van der Waals surface area contributed by atoms with Crippen LogP contribution in [0.2, 0.25) is 0 Å². The van der Waals surface area contributed by atoms with Gasteiger partial charge in [-0.25, -0.2) is 4.68 Å². The van der Waals surface area contributed by atoms with Crippen molar-refractivity contribution in [2.45, 2.75) is 31.3 Å². The number of nitrogens with zero attached hydrogens (tertiary/aromatic N) is 3. The van der Waals surface area contributed by atoms with Crippen molar-refractivity contribution in [3.63, 3.8) is 0 Å². The number of thioether (sulfide) groups is 1. The number of nitrogen functional groups attached to an aromatic ring is 1. The van der Waals surface area contributed by atoms with Gasteiger partial charge in [0, 0.05) is 17.9 Å². The molecule has 0 spiro atoms. The molecule has 0 amide bonds. The second-order valence-electron chi connectivity index (χ2n) is 4.67. The van der Waals surface area contributed by atoms with Crippen LogP contribution in [-0.2, 0) is 0 Å². The number of rotatable bonds is 7. The van der Waals surface area contributed by atoms with Gasteiger partial charge in [0.05, 0.1) is 0 Å². The Kier molecular flexibility index (Phi) is 5.43. The number of benzene rings is 1. The minimum absolute atomic E-state index is 0.259. The topological polar surface area (TPSA) is 77.0 Å². The molecule has 2 aromatic rings. The maximum Gasteiger partial charge on any atom is 0.210 e. The summed E-state index contributed by atoms with van der Waals surface area (Å²) in [5.74, 6) is 7.66. The SMILES string of the molecule is Cc1ccc(-c2nnc(SCCCCCO)n2N)cc1. The predicted octanol–water partition coefficient (Wildman–Crippen LogP) is 2.22. The Morgan fingerprint density at radius 3 is 2.60 bits per heavy atom. The molecule has 1 heterocycles. The van der Waals surface area contributed by atoms with Crippen molar-refractivity contribution >= 4 is 11.8 Å². The Labute approximate surface area is 123 Å². The van der Waals surface area contributed by atoms with Gasteiger partial charge in [0.15, 0.2) is 5.82 Å². The van der Waals surface area contributed by atoms with Crippen LogP contribution >= 0.6 is 11.8 Å². The Morgan fingerprint density at radius 1 is 1.15 bits per heavy atom. The van der Waals surface area contributed by atoms with Crippen molar-refractivity contribution in [1.29, 1.82) is 0 Å². The van der Waals surface area contributed by atoms with Crippen LogP contribution in [0.5, 0.6) is 0 Å². The number of hydrogen-bond acceptors (Lipinski definition) is 5. The molecule has 0 fully saturated rings. The normalized spacial score (nSPS) is 10.9. The molecule has 6 heteroatoms. The largest absolute Gasteiger partial charge is 0.396 e. The van der Waals surface area contributed by atoms with Crippen molar-refractivity contribution in [2.75, 3.05) is 18.2 Å². The molecule has 3 N–H and O–H groups in total. The van der Waals surface area contributed by atoms with Gasteiger partial charge in [-0.2, -0.15) is 0 Å². The average molecular weight is 292 g/mol. The highest BCUT2D eigenvalue weighted by atomic mass is 32.2. The van der Waals surface area contributed by atoms with Gasteiger partial charge in [-0.3, -0.25) is 0 Å². The minimum atomic E-state index is 0.259. The first-order valence-corrected chi connectivity index (χ1v) is 7.72. The van der Waals surface area contributed by atoms with Gasteiger partial charge < -0.3 is 10.9 Å². The lowest BCUT2D eigenvalue weighted by molar-refractivity contribution is 0.284. The van der Waals surface area contributed by atoms with E-state index in [9.17, 15) is 0 Å². The number of hydrogen-bond donors (Lipinski definition) is 2. The Morgan fingerprint density at radius 2 is 1.90 bits per heavy atom. The molecular weight excluding hydrogens is 272 g/mol. The van der Waals surface area contributed by atoms with Gasteiger partial charge in [-0.15, -0.1) is 10.2 Å². The summed E-state index contributed by atoms with van der Waals surface area (Å²) in [7, 11) is 0. The van der Waals surface area contributed by atoms with E-state index in [2.05, 4.69) is 10.2 Å². The molecule has 5 nitrogen and oxygen atoms in total. The first-order chi connectivity index (χ1) is 9.72. The van der Waals surface area contributed by atoms with Crippen molar-refractivity contribution in [1.82, 2.24) is 14.9 Å². The summed E-state index contributed by atoms with van der Waals surface area (Å²) in [6.45, 7) is 2.31. The lowest BCUT2D eigenvalue weighted by Crippen LogP contribution is -2.11. The molecule has 0 saturated heterocycles. The monoisotopic (exact) mass is 292 g/mol. The second kappa shape index (κ2) is 7.31. The summed E-state index contributed by atoms with van der Waals surface area (Å²) in [4.78, 5) is 0. The number of aliphatic hydroxyl groups is 1. The standard InChI is InChI=1S/C14H20N4OS/c1-11-5-7-12(8-6-11)13-16-17-14(18(13)15)20-10-4-2-3-9-19/h5-8,19H,2-4,9-10,15H2,1H3. The zero-order valence-electron chi connectivity index (χ0n) is 11.6. The summed E-state index contributed by atoms with van der Waals surface area (Å²) in [5, 5.41) is 17.7. The number of aliphatic hydroxyl groups excluding tert-OH is 1. The third-order valence-electron chi connectivity index (χ3n) is 3.01. The van der Waals surface area contributed by atoms with Crippen LogP contribution in [-0.4, -0.2) is 32.3 Å². The van der Waals surface area contributed by atoms with E-state index in [1.807, 2.05) is 31.2 Å². The highest BCUT2D eigenvalue weighted by molar-refractivity contribution is 7.99. The van der Waals surface area contributed by atoms with Crippen LogP contribution in [0.4, 0.5) is 0 Å². The second-order valence-corrected chi connectivity index (χ2v) is 5.74. The molecule has 0 bridgehead atoms. The highest BCUT2D eigenvalue weighted by Crippen LogP contribution is 2.22. The molecule has 0 aliphatic rings. The molecule has 108 valence electrons. The van der Waals surface area contributed by atoms with Crippen LogP contribution in [0.15, 0.2) is 29.4 Å². The smallest absolute Gasteiger partial charge is 0.210 e. The Hall–Kier alpha value is -1.53. The van der Waals surface area contributed by atoms with Crippen LogP contribution in [0, 0.1) is 6.92 Å². The van der Waals surface area contributed by atoms with Gasteiger partial charge >= 0.3 is 0 Å². The molecule has 0 aliphatic carbocycles. The van der Waals surface area contributed by atoms with E-state index < -0.39 is 0 Å². The van der Waals surface area contributed by atoms with Crippen molar-refractivity contribution in [2.24, 2.45) is 0 Å². The summed E-state index contributed by atoms with van der Waals surface area (Å²) in [5.41, 5.74) is 2.17. The zero-order chi connectivity index (χ0) is 14.4. The molecule has 0 saturated carbocycles. The summed E-state index contributed by atoms with van der Waals surface area (Å²) in [6.07, 6.45) is 2.91. The van der Waals surface area contributed by atoms with Gasteiger partial charge in [-0.05, 0) is 19.8 Å².